The van der Waals surface area contributed by atoms with E-state index in [9.17, 15) is 5.11 Å². The molecule has 1 spiro atoms. The van der Waals surface area contributed by atoms with Crippen molar-refractivity contribution in [2.24, 2.45) is 0 Å². The Morgan fingerprint density at radius 1 is 1.60 bits per heavy atom. The van der Waals surface area contributed by atoms with Crippen LogP contribution in [0.25, 0.3) is 0 Å². The Bertz CT molecular complexity index is 132. The van der Waals surface area contributed by atoms with E-state index in [-0.39, 0.29) is 11.6 Å². The Hall–Kier alpha value is -0.120. The second-order valence-corrected chi connectivity index (χ2v) is 3.32. The van der Waals surface area contributed by atoms with E-state index in [1.165, 1.54) is 0 Å². The maximum atomic E-state index is 9.24. The van der Waals surface area contributed by atoms with Gasteiger partial charge in [-0.1, -0.05) is 0 Å². The molecule has 0 saturated carbocycles. The molecule has 0 radical (unpaired) electrons. The molecule has 2 unspecified atom stereocenters. The third-order valence-corrected chi connectivity index (χ3v) is 2.44. The van der Waals surface area contributed by atoms with Gasteiger partial charge < -0.3 is 15.2 Å². The molecule has 58 valence electrons. The van der Waals surface area contributed by atoms with Gasteiger partial charge in [0.2, 0.25) is 0 Å². The number of nitrogens with one attached hydrogen (secondary N) is 1. The zero-order valence-electron chi connectivity index (χ0n) is 5.97. The highest BCUT2D eigenvalue weighted by molar-refractivity contribution is 4.99. The Balaban J connectivity index is 2.03. The normalized spacial score (nSPS) is 47.1. The quantitative estimate of drug-likeness (QED) is 0.480. The van der Waals surface area contributed by atoms with E-state index in [1.54, 1.807) is 0 Å². The van der Waals surface area contributed by atoms with Gasteiger partial charge in [0.1, 0.15) is 0 Å². The van der Waals surface area contributed by atoms with Crippen LogP contribution < -0.4 is 5.32 Å². The summed E-state index contributed by atoms with van der Waals surface area (Å²) in [6.45, 7) is 2.37. The molecule has 0 aromatic rings. The van der Waals surface area contributed by atoms with E-state index in [1.807, 2.05) is 0 Å². The maximum absolute atomic E-state index is 9.24. The molecular weight excluding hydrogens is 130 g/mol. The molecule has 2 aliphatic heterocycles. The molecule has 0 aromatic carbocycles. The topological polar surface area (TPSA) is 41.5 Å². The van der Waals surface area contributed by atoms with E-state index >= 15 is 0 Å². The minimum atomic E-state index is -0.151. The SMILES string of the molecule is OC1CNC2(CCOC2)C1. The summed E-state index contributed by atoms with van der Waals surface area (Å²) in [5.74, 6) is 0. The minimum absolute atomic E-state index is 0.138. The van der Waals surface area contributed by atoms with Gasteiger partial charge in [0.25, 0.3) is 0 Å². The number of aliphatic hydroxyl groups excluding tert-OH is 1. The van der Waals surface area contributed by atoms with Crippen LogP contribution in [-0.2, 0) is 4.74 Å². The molecule has 2 aliphatic rings. The zero-order valence-corrected chi connectivity index (χ0v) is 5.97. The van der Waals surface area contributed by atoms with E-state index in [2.05, 4.69) is 5.32 Å². The van der Waals surface area contributed by atoms with E-state index < -0.39 is 0 Å². The fourth-order valence-electron chi connectivity index (χ4n) is 1.84. The van der Waals surface area contributed by atoms with Crippen LogP contribution in [0.2, 0.25) is 0 Å². The molecule has 3 nitrogen and oxygen atoms in total. The lowest BCUT2D eigenvalue weighted by Gasteiger charge is -2.19. The average molecular weight is 143 g/mol. The van der Waals surface area contributed by atoms with Crippen molar-refractivity contribution in [3.8, 4) is 0 Å². The van der Waals surface area contributed by atoms with Gasteiger partial charge in [-0.05, 0) is 12.8 Å². The molecule has 2 rings (SSSR count). The predicted molar refractivity (Wildman–Crippen MR) is 36.8 cm³/mol. The van der Waals surface area contributed by atoms with Crippen LogP contribution in [0.4, 0.5) is 0 Å². The van der Waals surface area contributed by atoms with Gasteiger partial charge in [0.15, 0.2) is 0 Å². The van der Waals surface area contributed by atoms with Crippen LogP contribution >= 0.6 is 0 Å². The molecule has 0 aromatic heterocycles. The molecule has 2 heterocycles. The van der Waals surface area contributed by atoms with Crippen molar-refractivity contribution >= 4 is 0 Å². The number of rotatable bonds is 0. The first kappa shape index (κ1) is 6.58. The highest BCUT2D eigenvalue weighted by Crippen LogP contribution is 2.27. The zero-order chi connectivity index (χ0) is 7.03. The highest BCUT2D eigenvalue weighted by atomic mass is 16.5. The van der Waals surface area contributed by atoms with Crippen molar-refractivity contribution in [1.29, 1.82) is 0 Å². The number of aliphatic hydroxyl groups is 1. The molecule has 2 N–H and O–H groups in total. The van der Waals surface area contributed by atoms with E-state index in [4.69, 9.17) is 4.74 Å². The van der Waals surface area contributed by atoms with Crippen molar-refractivity contribution in [2.75, 3.05) is 19.8 Å². The molecule has 10 heavy (non-hydrogen) atoms. The monoisotopic (exact) mass is 143 g/mol. The second kappa shape index (κ2) is 2.19. The average Bonchev–Trinajstić information content (AvgIpc) is 2.46. The molecule has 2 fully saturated rings. The van der Waals surface area contributed by atoms with Gasteiger partial charge in [-0.2, -0.15) is 0 Å². The third-order valence-electron chi connectivity index (χ3n) is 2.44. The fraction of sp³-hybridized carbons (Fsp3) is 1.00. The van der Waals surface area contributed by atoms with Gasteiger partial charge in [-0.25, -0.2) is 0 Å². The van der Waals surface area contributed by atoms with Crippen LogP contribution in [0.1, 0.15) is 12.8 Å². The van der Waals surface area contributed by atoms with Crippen LogP contribution in [0, 0.1) is 0 Å². The summed E-state index contributed by atoms with van der Waals surface area (Å²) in [7, 11) is 0. The summed E-state index contributed by atoms with van der Waals surface area (Å²) in [6, 6.07) is 0. The molecule has 2 atom stereocenters. The fourth-order valence-corrected chi connectivity index (χ4v) is 1.84. The summed E-state index contributed by atoms with van der Waals surface area (Å²) < 4.78 is 5.26. The standard InChI is InChI=1S/C7H13NO2/c9-6-3-7(8-4-6)1-2-10-5-7/h6,8-9H,1-5H2. The molecule has 2 saturated heterocycles. The Morgan fingerprint density at radius 2 is 2.50 bits per heavy atom. The summed E-state index contributed by atoms with van der Waals surface area (Å²) in [4.78, 5) is 0. The van der Waals surface area contributed by atoms with E-state index in [0.717, 1.165) is 32.6 Å². The van der Waals surface area contributed by atoms with Crippen LogP contribution in [0.15, 0.2) is 0 Å². The van der Waals surface area contributed by atoms with Gasteiger partial charge in [-0.3, -0.25) is 0 Å². The van der Waals surface area contributed by atoms with Gasteiger partial charge >= 0.3 is 0 Å². The van der Waals surface area contributed by atoms with E-state index in [0.29, 0.717) is 0 Å². The van der Waals surface area contributed by atoms with Crippen molar-refractivity contribution in [3.63, 3.8) is 0 Å². The molecule has 0 amide bonds. The Morgan fingerprint density at radius 3 is 3.00 bits per heavy atom. The Kier molecular flexibility index (Phi) is 1.44. The van der Waals surface area contributed by atoms with Gasteiger partial charge in [0, 0.05) is 18.7 Å². The predicted octanol–water partition coefficient (Wildman–Crippen LogP) is -0.500. The first-order valence-electron chi connectivity index (χ1n) is 3.82. The number of β-amino-alcohol motifs (C(OH)–C–C–N with tert-alkyl or cyclic N) is 1. The first-order chi connectivity index (χ1) is 4.81. The van der Waals surface area contributed by atoms with Crippen molar-refractivity contribution in [1.82, 2.24) is 5.32 Å². The van der Waals surface area contributed by atoms with Crippen LogP contribution in [-0.4, -0.2) is 36.5 Å². The van der Waals surface area contributed by atoms with Crippen molar-refractivity contribution in [3.05, 3.63) is 0 Å². The number of hydrogen-bond acceptors (Lipinski definition) is 3. The molecular formula is C7H13NO2. The van der Waals surface area contributed by atoms with Crippen molar-refractivity contribution in [2.45, 2.75) is 24.5 Å². The summed E-state index contributed by atoms with van der Waals surface area (Å²) >= 11 is 0. The molecule has 0 bridgehead atoms. The number of ether oxygens (including phenoxy) is 1. The summed E-state index contributed by atoms with van der Waals surface area (Å²) in [5, 5.41) is 12.5. The number of hydrogen-bond donors (Lipinski definition) is 2. The lowest BCUT2D eigenvalue weighted by Crippen LogP contribution is -2.39. The Labute approximate surface area is 60.4 Å². The maximum Gasteiger partial charge on any atom is 0.0683 e. The lowest BCUT2D eigenvalue weighted by molar-refractivity contribution is 0.157. The second-order valence-electron chi connectivity index (χ2n) is 3.32. The third kappa shape index (κ3) is 0.944. The molecule has 0 aliphatic carbocycles. The minimum Gasteiger partial charge on any atom is -0.392 e. The van der Waals surface area contributed by atoms with Crippen molar-refractivity contribution < 1.29 is 9.84 Å². The van der Waals surface area contributed by atoms with Crippen LogP contribution in [0.3, 0.4) is 0 Å². The van der Waals surface area contributed by atoms with Gasteiger partial charge in [0.05, 0.1) is 12.7 Å². The smallest absolute Gasteiger partial charge is 0.0683 e. The lowest BCUT2D eigenvalue weighted by atomic mass is 9.96. The summed E-state index contributed by atoms with van der Waals surface area (Å²) in [5.41, 5.74) is 0.138. The summed E-state index contributed by atoms with van der Waals surface area (Å²) in [6.07, 6.45) is 1.78. The largest absolute Gasteiger partial charge is 0.392 e. The first-order valence-corrected chi connectivity index (χ1v) is 3.82. The van der Waals surface area contributed by atoms with Crippen LogP contribution in [0.5, 0.6) is 0 Å². The molecule has 3 heteroatoms. The highest BCUT2D eigenvalue weighted by Gasteiger charge is 2.40. The van der Waals surface area contributed by atoms with Gasteiger partial charge in [-0.15, -0.1) is 0 Å².